The molecule has 0 aliphatic rings. The Morgan fingerprint density at radius 2 is 2.00 bits per heavy atom. The molecule has 0 amide bonds. The van der Waals surface area contributed by atoms with Crippen molar-refractivity contribution in [3.8, 4) is 5.69 Å². The quantitative estimate of drug-likeness (QED) is 0.741. The lowest BCUT2D eigenvalue weighted by molar-refractivity contribution is 1.05. The molecule has 2 aromatic heterocycles. The van der Waals surface area contributed by atoms with Crippen molar-refractivity contribution in [3.63, 3.8) is 0 Å². The van der Waals surface area contributed by atoms with Gasteiger partial charge in [0.25, 0.3) is 0 Å². The molecule has 0 saturated heterocycles. The number of halogens is 1. The zero-order chi connectivity index (χ0) is 8.39. The number of hydrogen-bond donors (Lipinski definition) is 0. The monoisotopic (exact) mass is 223 g/mol. The minimum absolute atomic E-state index is 0.833. The highest BCUT2D eigenvalue weighted by Crippen LogP contribution is 2.10. The minimum atomic E-state index is 0.833. The second-order valence-corrected chi connectivity index (χ2v) is 3.12. The Labute approximate surface area is 78.2 Å². The molecule has 0 unspecified atom stereocenters. The van der Waals surface area contributed by atoms with Crippen LogP contribution in [0.4, 0.5) is 0 Å². The summed E-state index contributed by atoms with van der Waals surface area (Å²) >= 11 is 3.28. The van der Waals surface area contributed by atoms with Gasteiger partial charge >= 0.3 is 0 Å². The molecule has 0 aliphatic carbocycles. The molecule has 0 N–H and O–H groups in total. The van der Waals surface area contributed by atoms with E-state index in [4.69, 9.17) is 0 Å². The van der Waals surface area contributed by atoms with Crippen LogP contribution in [0.3, 0.4) is 0 Å². The fourth-order valence-corrected chi connectivity index (χ4v) is 1.27. The number of aromatic nitrogens is 3. The normalized spacial score (nSPS) is 10.1. The van der Waals surface area contributed by atoms with Crippen LogP contribution < -0.4 is 0 Å². The molecule has 0 radical (unpaired) electrons. The van der Waals surface area contributed by atoms with E-state index in [0.717, 1.165) is 10.3 Å². The summed E-state index contributed by atoms with van der Waals surface area (Å²) in [7, 11) is 0. The van der Waals surface area contributed by atoms with Crippen LogP contribution in [-0.4, -0.2) is 14.5 Å². The zero-order valence-corrected chi connectivity index (χ0v) is 7.77. The van der Waals surface area contributed by atoms with Gasteiger partial charge in [-0.2, -0.15) is 0 Å². The first-order chi connectivity index (χ1) is 5.86. The minimum Gasteiger partial charge on any atom is -0.305 e. The van der Waals surface area contributed by atoms with E-state index >= 15 is 0 Å². The van der Waals surface area contributed by atoms with E-state index in [0.29, 0.717) is 0 Å². The summed E-state index contributed by atoms with van der Waals surface area (Å²) in [6.07, 6.45) is 7.15. The molecule has 3 nitrogen and oxygen atoms in total. The molecule has 12 heavy (non-hydrogen) atoms. The van der Waals surface area contributed by atoms with Crippen LogP contribution >= 0.6 is 15.9 Å². The molecule has 0 spiro atoms. The van der Waals surface area contributed by atoms with Crippen LogP contribution in [0.5, 0.6) is 0 Å². The zero-order valence-electron chi connectivity index (χ0n) is 6.18. The Balaban J connectivity index is 2.45. The number of hydrogen-bond acceptors (Lipinski definition) is 2. The third-order valence-corrected chi connectivity index (χ3v) is 1.92. The molecular weight excluding hydrogens is 218 g/mol. The predicted molar refractivity (Wildman–Crippen MR) is 49.1 cm³/mol. The van der Waals surface area contributed by atoms with Gasteiger partial charge in [0.2, 0.25) is 0 Å². The van der Waals surface area contributed by atoms with Crippen LogP contribution in [0, 0.1) is 0 Å². The van der Waals surface area contributed by atoms with Gasteiger partial charge < -0.3 is 4.57 Å². The third-order valence-electron chi connectivity index (χ3n) is 1.51. The highest BCUT2D eigenvalue weighted by atomic mass is 79.9. The Kier molecular flexibility index (Phi) is 1.91. The fourth-order valence-electron chi connectivity index (χ4n) is 0.956. The van der Waals surface area contributed by atoms with E-state index in [1.807, 2.05) is 22.9 Å². The average Bonchev–Trinajstić information content (AvgIpc) is 2.54. The molecule has 0 aromatic carbocycles. The summed E-state index contributed by atoms with van der Waals surface area (Å²) < 4.78 is 2.76. The largest absolute Gasteiger partial charge is 0.305 e. The predicted octanol–water partition coefficient (Wildman–Crippen LogP) is 2.03. The Bertz CT molecular complexity index is 369. The molecule has 60 valence electrons. The first-order valence-corrected chi connectivity index (χ1v) is 4.25. The van der Waals surface area contributed by atoms with Gasteiger partial charge in [-0.15, -0.1) is 0 Å². The van der Waals surface area contributed by atoms with E-state index in [2.05, 4.69) is 25.9 Å². The van der Waals surface area contributed by atoms with Crippen LogP contribution in [-0.2, 0) is 0 Å². The SMILES string of the molecule is Brc1cn(-c2ccncc2)cn1. The average molecular weight is 224 g/mol. The Morgan fingerprint density at radius 1 is 1.25 bits per heavy atom. The molecule has 2 heterocycles. The standard InChI is InChI=1S/C8H6BrN3/c9-8-5-12(6-11-8)7-1-3-10-4-2-7/h1-6H. The van der Waals surface area contributed by atoms with Gasteiger partial charge in [0.1, 0.15) is 10.9 Å². The first-order valence-electron chi connectivity index (χ1n) is 3.46. The van der Waals surface area contributed by atoms with Crippen molar-refractivity contribution in [1.29, 1.82) is 0 Å². The van der Waals surface area contributed by atoms with Crippen molar-refractivity contribution in [2.45, 2.75) is 0 Å². The maximum absolute atomic E-state index is 4.05. The molecule has 0 bridgehead atoms. The number of pyridine rings is 1. The van der Waals surface area contributed by atoms with E-state index in [-0.39, 0.29) is 0 Å². The van der Waals surface area contributed by atoms with Gasteiger partial charge in [-0.05, 0) is 28.1 Å². The van der Waals surface area contributed by atoms with Gasteiger partial charge in [0.15, 0.2) is 0 Å². The molecule has 2 aromatic rings. The molecule has 0 fully saturated rings. The Hall–Kier alpha value is -1.16. The van der Waals surface area contributed by atoms with Gasteiger partial charge in [0, 0.05) is 24.3 Å². The molecule has 2 rings (SSSR count). The van der Waals surface area contributed by atoms with Gasteiger partial charge in [-0.25, -0.2) is 4.98 Å². The fraction of sp³-hybridized carbons (Fsp3) is 0. The van der Waals surface area contributed by atoms with Crippen molar-refractivity contribution < 1.29 is 0 Å². The summed E-state index contributed by atoms with van der Waals surface area (Å²) in [5.41, 5.74) is 1.06. The number of imidazole rings is 1. The maximum atomic E-state index is 4.05. The van der Waals surface area contributed by atoms with E-state index in [1.165, 1.54) is 0 Å². The summed E-state index contributed by atoms with van der Waals surface area (Å²) in [4.78, 5) is 7.98. The van der Waals surface area contributed by atoms with Crippen molar-refractivity contribution in [2.75, 3.05) is 0 Å². The lowest BCUT2D eigenvalue weighted by Gasteiger charge is -1.98. The van der Waals surface area contributed by atoms with Crippen LogP contribution in [0.15, 0.2) is 41.7 Å². The summed E-state index contributed by atoms with van der Waals surface area (Å²) in [6.45, 7) is 0. The van der Waals surface area contributed by atoms with E-state index in [9.17, 15) is 0 Å². The molecule has 4 heteroatoms. The maximum Gasteiger partial charge on any atom is 0.124 e. The molecule has 0 aliphatic heterocycles. The van der Waals surface area contributed by atoms with Gasteiger partial charge in [-0.1, -0.05) is 0 Å². The third kappa shape index (κ3) is 1.38. The summed E-state index contributed by atoms with van der Waals surface area (Å²) in [5.74, 6) is 0. The smallest absolute Gasteiger partial charge is 0.124 e. The lowest BCUT2D eigenvalue weighted by atomic mass is 10.4. The number of nitrogens with zero attached hydrogens (tertiary/aromatic N) is 3. The van der Waals surface area contributed by atoms with Crippen LogP contribution in [0.1, 0.15) is 0 Å². The van der Waals surface area contributed by atoms with Gasteiger partial charge in [-0.3, -0.25) is 4.98 Å². The second kappa shape index (κ2) is 3.06. The Morgan fingerprint density at radius 3 is 2.58 bits per heavy atom. The second-order valence-electron chi connectivity index (χ2n) is 2.31. The summed E-state index contributed by atoms with van der Waals surface area (Å²) in [5, 5.41) is 0. The van der Waals surface area contributed by atoms with Crippen LogP contribution in [0.25, 0.3) is 5.69 Å². The summed E-state index contributed by atoms with van der Waals surface area (Å²) in [6, 6.07) is 3.85. The lowest BCUT2D eigenvalue weighted by Crippen LogP contribution is -1.88. The van der Waals surface area contributed by atoms with Crippen molar-refractivity contribution in [2.24, 2.45) is 0 Å². The molecule has 0 saturated carbocycles. The molecular formula is C8H6BrN3. The topological polar surface area (TPSA) is 30.7 Å². The van der Waals surface area contributed by atoms with Crippen molar-refractivity contribution in [1.82, 2.24) is 14.5 Å². The van der Waals surface area contributed by atoms with Crippen LogP contribution in [0.2, 0.25) is 0 Å². The molecule has 0 atom stereocenters. The highest BCUT2D eigenvalue weighted by molar-refractivity contribution is 9.10. The van der Waals surface area contributed by atoms with E-state index < -0.39 is 0 Å². The number of rotatable bonds is 1. The van der Waals surface area contributed by atoms with Crippen molar-refractivity contribution in [3.05, 3.63) is 41.7 Å². The van der Waals surface area contributed by atoms with Gasteiger partial charge in [0.05, 0.1) is 0 Å². The highest BCUT2D eigenvalue weighted by Gasteiger charge is 1.95. The van der Waals surface area contributed by atoms with Crippen molar-refractivity contribution >= 4 is 15.9 Å². The first kappa shape index (κ1) is 7.49. The van der Waals surface area contributed by atoms with E-state index in [1.54, 1.807) is 18.7 Å².